The van der Waals surface area contributed by atoms with E-state index < -0.39 is 5.60 Å². The molecule has 0 heterocycles. The largest absolute Gasteiger partial charge is 0.444 e. The predicted octanol–water partition coefficient (Wildman–Crippen LogP) is 2.91. The highest BCUT2D eigenvalue weighted by Crippen LogP contribution is 2.24. The van der Waals surface area contributed by atoms with Gasteiger partial charge in [0.1, 0.15) is 11.5 Å². The molecule has 0 atom stereocenters. The van der Waals surface area contributed by atoms with E-state index in [0.29, 0.717) is 6.54 Å². The van der Waals surface area contributed by atoms with Crippen molar-refractivity contribution in [3.63, 3.8) is 0 Å². The quantitative estimate of drug-likeness (QED) is 0.811. The molecule has 0 unspecified atom stereocenters. The molecule has 1 fully saturated rings. The van der Waals surface area contributed by atoms with E-state index in [1.165, 1.54) is 0 Å². The summed E-state index contributed by atoms with van der Waals surface area (Å²) in [5.41, 5.74) is -0.476. The molecule has 5 nitrogen and oxygen atoms in total. The van der Waals surface area contributed by atoms with Gasteiger partial charge in [-0.3, -0.25) is 4.79 Å². The molecule has 0 aromatic carbocycles. The first-order valence-corrected chi connectivity index (χ1v) is 8.15. The van der Waals surface area contributed by atoms with Gasteiger partial charge < -0.3 is 15.0 Å². The Hall–Kier alpha value is -0.970. The van der Waals surface area contributed by atoms with Gasteiger partial charge in [-0.05, 0) is 53.4 Å². The molecular weight excluding hydrogens is 292 g/mol. The summed E-state index contributed by atoms with van der Waals surface area (Å²) >= 11 is 5.49. The van der Waals surface area contributed by atoms with Crippen LogP contribution in [0.2, 0.25) is 0 Å². The third-order valence-electron chi connectivity index (χ3n) is 3.59. The Morgan fingerprint density at radius 2 is 1.81 bits per heavy atom. The fourth-order valence-corrected chi connectivity index (χ4v) is 2.73. The molecule has 0 radical (unpaired) electrons. The topological polar surface area (TPSA) is 58.6 Å². The highest BCUT2D eigenvalue weighted by molar-refractivity contribution is 6.27. The second kappa shape index (κ2) is 7.87. The lowest BCUT2D eigenvalue weighted by Gasteiger charge is -2.37. The lowest BCUT2D eigenvalue weighted by Crippen LogP contribution is -2.47. The lowest BCUT2D eigenvalue weighted by atomic mass is 9.90. The highest BCUT2D eigenvalue weighted by atomic mass is 35.5. The standard InChI is InChI=1S/C15H27ClN2O3/c1-5-18(14(20)21-15(2,3)4)12-8-6-11(7-9-12)17-13(19)10-16/h11-12H,5-10H2,1-4H3,(H,17,19). The molecule has 0 bridgehead atoms. The minimum absolute atomic E-state index is 0.00107. The number of carbonyl (C=O) groups excluding carboxylic acids is 2. The molecule has 6 heteroatoms. The van der Waals surface area contributed by atoms with Crippen molar-refractivity contribution in [3.8, 4) is 0 Å². The Bertz CT molecular complexity index is 360. The van der Waals surface area contributed by atoms with Crippen LogP contribution in [-0.2, 0) is 9.53 Å². The molecule has 122 valence electrons. The summed E-state index contributed by atoms with van der Waals surface area (Å²) in [5.74, 6) is -0.126. The minimum Gasteiger partial charge on any atom is -0.444 e. The summed E-state index contributed by atoms with van der Waals surface area (Å²) in [6, 6.07) is 0.360. The Balaban J connectivity index is 2.50. The average Bonchev–Trinajstić information content (AvgIpc) is 2.39. The summed E-state index contributed by atoms with van der Waals surface area (Å²) in [7, 11) is 0. The van der Waals surface area contributed by atoms with Crippen LogP contribution in [-0.4, -0.2) is 47.0 Å². The van der Waals surface area contributed by atoms with E-state index in [1.54, 1.807) is 4.90 Å². The molecule has 1 saturated carbocycles. The van der Waals surface area contributed by atoms with Crippen LogP contribution in [0.4, 0.5) is 4.79 Å². The smallest absolute Gasteiger partial charge is 0.410 e. The van der Waals surface area contributed by atoms with Gasteiger partial charge in [-0.1, -0.05) is 0 Å². The Kier molecular flexibility index (Phi) is 6.78. The molecule has 0 aromatic rings. The van der Waals surface area contributed by atoms with Crippen molar-refractivity contribution in [3.05, 3.63) is 0 Å². The van der Waals surface area contributed by atoms with Gasteiger partial charge in [0, 0.05) is 18.6 Å². The van der Waals surface area contributed by atoms with Gasteiger partial charge in [-0.15, -0.1) is 11.6 Å². The maximum Gasteiger partial charge on any atom is 0.410 e. The first-order valence-electron chi connectivity index (χ1n) is 7.61. The monoisotopic (exact) mass is 318 g/mol. The number of amides is 2. The molecule has 1 aliphatic carbocycles. The minimum atomic E-state index is -0.476. The van der Waals surface area contributed by atoms with Crippen LogP contribution in [0.5, 0.6) is 0 Å². The summed E-state index contributed by atoms with van der Waals surface area (Å²) in [6.07, 6.45) is 3.23. The molecule has 21 heavy (non-hydrogen) atoms. The van der Waals surface area contributed by atoms with Crippen molar-refractivity contribution < 1.29 is 14.3 Å². The summed E-state index contributed by atoms with van der Waals surface area (Å²) < 4.78 is 5.45. The fourth-order valence-electron chi connectivity index (χ4n) is 2.66. The average molecular weight is 319 g/mol. The van der Waals surface area contributed by atoms with Crippen molar-refractivity contribution >= 4 is 23.6 Å². The van der Waals surface area contributed by atoms with Crippen LogP contribution >= 0.6 is 11.6 Å². The van der Waals surface area contributed by atoms with Crippen LogP contribution in [0.15, 0.2) is 0 Å². The first-order chi connectivity index (χ1) is 9.76. The molecule has 0 aromatic heterocycles. The number of nitrogens with one attached hydrogen (secondary N) is 1. The predicted molar refractivity (Wildman–Crippen MR) is 83.5 cm³/mol. The third kappa shape index (κ3) is 6.12. The van der Waals surface area contributed by atoms with Crippen molar-refractivity contribution in [2.45, 2.75) is 71.1 Å². The number of alkyl halides is 1. The van der Waals surface area contributed by atoms with Crippen molar-refractivity contribution in [2.75, 3.05) is 12.4 Å². The number of rotatable bonds is 4. The normalized spacial score (nSPS) is 22.5. The summed E-state index contributed by atoms with van der Waals surface area (Å²) in [4.78, 5) is 25.3. The van der Waals surface area contributed by atoms with E-state index >= 15 is 0 Å². The molecule has 0 saturated heterocycles. The number of ether oxygens (including phenoxy) is 1. The van der Waals surface area contributed by atoms with Crippen molar-refractivity contribution in [1.29, 1.82) is 0 Å². The van der Waals surface area contributed by atoms with Crippen LogP contribution in [0.3, 0.4) is 0 Å². The maximum absolute atomic E-state index is 12.2. The van der Waals surface area contributed by atoms with Crippen molar-refractivity contribution in [2.24, 2.45) is 0 Å². The third-order valence-corrected chi connectivity index (χ3v) is 3.84. The zero-order chi connectivity index (χ0) is 16.0. The van der Waals surface area contributed by atoms with Gasteiger partial charge in [-0.25, -0.2) is 4.79 Å². The second-order valence-corrected chi connectivity index (χ2v) is 6.74. The molecule has 1 rings (SSSR count). The molecule has 2 amide bonds. The Labute approximate surface area is 132 Å². The molecule has 0 aliphatic heterocycles. The fraction of sp³-hybridized carbons (Fsp3) is 0.867. The van der Waals surface area contributed by atoms with Gasteiger partial charge in [0.15, 0.2) is 0 Å². The van der Waals surface area contributed by atoms with Gasteiger partial charge in [0.05, 0.1) is 0 Å². The van der Waals surface area contributed by atoms with Crippen molar-refractivity contribution in [1.82, 2.24) is 10.2 Å². The summed E-state index contributed by atoms with van der Waals surface area (Å²) in [6.45, 7) is 8.22. The number of hydrogen-bond donors (Lipinski definition) is 1. The number of halogens is 1. The Morgan fingerprint density at radius 1 is 1.24 bits per heavy atom. The van der Waals surface area contributed by atoms with Crippen LogP contribution < -0.4 is 5.32 Å². The van der Waals surface area contributed by atoms with Crippen LogP contribution in [0.1, 0.15) is 53.4 Å². The van der Waals surface area contributed by atoms with Gasteiger partial charge >= 0.3 is 6.09 Å². The van der Waals surface area contributed by atoms with Gasteiger partial charge in [0.2, 0.25) is 5.91 Å². The van der Waals surface area contributed by atoms with Crippen LogP contribution in [0.25, 0.3) is 0 Å². The second-order valence-electron chi connectivity index (χ2n) is 6.47. The van der Waals surface area contributed by atoms with E-state index in [4.69, 9.17) is 16.3 Å². The summed E-state index contributed by atoms with van der Waals surface area (Å²) in [5, 5.41) is 2.91. The van der Waals surface area contributed by atoms with E-state index in [-0.39, 0.29) is 30.0 Å². The van der Waals surface area contributed by atoms with E-state index in [9.17, 15) is 9.59 Å². The number of hydrogen-bond acceptors (Lipinski definition) is 3. The van der Waals surface area contributed by atoms with Crippen LogP contribution in [0, 0.1) is 0 Å². The molecule has 0 spiro atoms. The zero-order valence-corrected chi connectivity index (χ0v) is 14.2. The lowest BCUT2D eigenvalue weighted by molar-refractivity contribution is -0.119. The van der Waals surface area contributed by atoms with Gasteiger partial charge in [-0.2, -0.15) is 0 Å². The van der Waals surface area contributed by atoms with E-state index in [1.807, 2.05) is 27.7 Å². The molecule has 1 N–H and O–H groups in total. The zero-order valence-electron chi connectivity index (χ0n) is 13.4. The SMILES string of the molecule is CCN(C(=O)OC(C)(C)C)C1CCC(NC(=O)CCl)CC1. The van der Waals surface area contributed by atoms with Gasteiger partial charge in [0.25, 0.3) is 0 Å². The molecular formula is C15H27ClN2O3. The van der Waals surface area contributed by atoms with E-state index in [2.05, 4.69) is 5.32 Å². The first kappa shape index (κ1) is 18.1. The number of nitrogens with zero attached hydrogens (tertiary/aromatic N) is 1. The van der Waals surface area contributed by atoms with E-state index in [0.717, 1.165) is 25.7 Å². The molecule has 1 aliphatic rings. The number of carbonyl (C=O) groups is 2. The maximum atomic E-state index is 12.2. The highest BCUT2D eigenvalue weighted by Gasteiger charge is 2.31. The Morgan fingerprint density at radius 3 is 2.24 bits per heavy atom.